The van der Waals surface area contributed by atoms with E-state index >= 15 is 0 Å². The van der Waals surface area contributed by atoms with Crippen molar-refractivity contribution in [2.24, 2.45) is 0 Å². The molecule has 0 rings (SSSR count). The molecule has 3 atom stereocenters. The molecule has 0 fully saturated rings. The number of ether oxygens (including phenoxy) is 3. The largest absolute Gasteiger partial charge is 0.479 e. The molecule has 0 aromatic heterocycles. The summed E-state index contributed by atoms with van der Waals surface area (Å²) in [5, 5.41) is 17.5. The molecule has 88 valence electrons. The van der Waals surface area contributed by atoms with E-state index < -0.39 is 30.3 Å². The predicted molar refractivity (Wildman–Crippen MR) is 47.7 cm³/mol. The first-order valence-corrected chi connectivity index (χ1v) is 4.03. The summed E-state index contributed by atoms with van der Waals surface area (Å²) >= 11 is 0. The van der Waals surface area contributed by atoms with Crippen molar-refractivity contribution < 1.29 is 34.0 Å². The molecule has 0 saturated carbocycles. The van der Waals surface area contributed by atoms with E-state index in [1.807, 2.05) is 0 Å². The molecular formula is C8H14O7. The number of hydrogen-bond acceptors (Lipinski definition) is 5. The molecule has 0 aliphatic rings. The highest BCUT2D eigenvalue weighted by Gasteiger charge is 2.39. The first-order valence-electron chi connectivity index (χ1n) is 4.03. The van der Waals surface area contributed by atoms with E-state index in [9.17, 15) is 9.59 Å². The summed E-state index contributed by atoms with van der Waals surface area (Å²) in [6.45, 7) is 0. The Labute approximate surface area is 86.5 Å². The molecule has 7 heteroatoms. The molecule has 0 aliphatic carbocycles. The van der Waals surface area contributed by atoms with Crippen molar-refractivity contribution >= 4 is 11.9 Å². The monoisotopic (exact) mass is 222 g/mol. The van der Waals surface area contributed by atoms with Gasteiger partial charge in [-0.1, -0.05) is 0 Å². The van der Waals surface area contributed by atoms with E-state index in [1.165, 1.54) is 7.11 Å². The van der Waals surface area contributed by atoms with E-state index in [4.69, 9.17) is 14.9 Å². The first-order chi connectivity index (χ1) is 6.99. The Morgan fingerprint density at radius 2 is 1.20 bits per heavy atom. The maximum atomic E-state index is 10.7. The summed E-state index contributed by atoms with van der Waals surface area (Å²) in [5.41, 5.74) is 0. The van der Waals surface area contributed by atoms with Gasteiger partial charge in [0, 0.05) is 21.3 Å². The second-order valence-electron chi connectivity index (χ2n) is 2.69. The normalized spacial score (nSPS) is 16.7. The molecule has 15 heavy (non-hydrogen) atoms. The number of carbonyl (C=O) groups is 2. The van der Waals surface area contributed by atoms with Gasteiger partial charge in [0.15, 0.2) is 12.2 Å². The van der Waals surface area contributed by atoms with E-state index in [2.05, 4.69) is 9.47 Å². The average Bonchev–Trinajstić information content (AvgIpc) is 2.16. The van der Waals surface area contributed by atoms with Crippen molar-refractivity contribution in [3.05, 3.63) is 0 Å². The highest BCUT2D eigenvalue weighted by atomic mass is 16.6. The van der Waals surface area contributed by atoms with E-state index in [-0.39, 0.29) is 0 Å². The van der Waals surface area contributed by atoms with Crippen molar-refractivity contribution in [2.75, 3.05) is 21.3 Å². The number of carboxylic acid groups (broad SMARTS) is 2. The topological polar surface area (TPSA) is 102 Å². The molecule has 0 aliphatic heterocycles. The fourth-order valence-electron chi connectivity index (χ4n) is 1.16. The van der Waals surface area contributed by atoms with Gasteiger partial charge in [0.1, 0.15) is 6.10 Å². The average molecular weight is 222 g/mol. The van der Waals surface area contributed by atoms with Crippen LogP contribution >= 0.6 is 0 Å². The van der Waals surface area contributed by atoms with Crippen LogP contribution in [0.1, 0.15) is 0 Å². The Balaban J connectivity index is 4.84. The molecule has 0 saturated heterocycles. The van der Waals surface area contributed by atoms with Gasteiger partial charge >= 0.3 is 11.9 Å². The molecule has 0 aromatic rings. The lowest BCUT2D eigenvalue weighted by molar-refractivity contribution is -0.176. The third-order valence-corrected chi connectivity index (χ3v) is 1.86. The Hall–Kier alpha value is -1.18. The maximum Gasteiger partial charge on any atom is 0.335 e. The van der Waals surface area contributed by atoms with E-state index in [0.29, 0.717) is 0 Å². The number of aliphatic carboxylic acids is 2. The van der Waals surface area contributed by atoms with Crippen molar-refractivity contribution in [1.29, 1.82) is 0 Å². The minimum atomic E-state index is -1.39. The predicted octanol–water partition coefficient (Wildman–Crippen LogP) is -0.799. The molecule has 7 nitrogen and oxygen atoms in total. The van der Waals surface area contributed by atoms with Crippen LogP contribution in [-0.4, -0.2) is 61.8 Å². The molecule has 0 amide bonds. The lowest BCUT2D eigenvalue weighted by Gasteiger charge is -2.25. The summed E-state index contributed by atoms with van der Waals surface area (Å²) in [7, 11) is 3.49. The van der Waals surface area contributed by atoms with Gasteiger partial charge in [-0.15, -0.1) is 0 Å². The zero-order valence-corrected chi connectivity index (χ0v) is 8.67. The SMILES string of the molecule is COC([C@H](OC)C(=O)O)[C@@H](OC)C(=O)O. The van der Waals surface area contributed by atoms with Crippen molar-refractivity contribution in [3.8, 4) is 0 Å². The van der Waals surface area contributed by atoms with E-state index in [0.717, 1.165) is 14.2 Å². The Kier molecular flexibility index (Phi) is 5.83. The molecule has 1 unspecified atom stereocenters. The van der Waals surface area contributed by atoms with Crippen LogP contribution in [0.4, 0.5) is 0 Å². The van der Waals surface area contributed by atoms with Gasteiger partial charge in [-0.2, -0.15) is 0 Å². The molecule has 0 spiro atoms. The molecular weight excluding hydrogens is 208 g/mol. The maximum absolute atomic E-state index is 10.7. The fourth-order valence-corrected chi connectivity index (χ4v) is 1.16. The van der Waals surface area contributed by atoms with Crippen LogP contribution in [0.3, 0.4) is 0 Å². The first kappa shape index (κ1) is 13.8. The highest BCUT2D eigenvalue weighted by Crippen LogP contribution is 2.11. The number of hydrogen-bond donors (Lipinski definition) is 2. The van der Waals surface area contributed by atoms with Crippen molar-refractivity contribution in [2.45, 2.75) is 18.3 Å². The third-order valence-electron chi connectivity index (χ3n) is 1.86. The minimum absolute atomic E-state index is 1.15. The van der Waals surface area contributed by atoms with Crippen LogP contribution < -0.4 is 0 Å². The van der Waals surface area contributed by atoms with Gasteiger partial charge in [0.05, 0.1) is 0 Å². The second kappa shape index (κ2) is 6.33. The summed E-state index contributed by atoms with van der Waals surface area (Å²) in [6.07, 6.45) is -4.00. The summed E-state index contributed by atoms with van der Waals surface area (Å²) < 4.78 is 14.0. The van der Waals surface area contributed by atoms with Gasteiger partial charge in [0.25, 0.3) is 0 Å². The standard InChI is InChI=1S/C8H14O7/c1-13-4(5(14-2)7(9)10)6(15-3)8(11)12/h4-6H,1-3H3,(H,9,10)(H,11,12)/t4?,5-,6+. The summed E-state index contributed by atoms with van der Waals surface area (Å²) in [6, 6.07) is 0. The molecule has 0 radical (unpaired) electrons. The molecule has 0 bridgehead atoms. The lowest BCUT2D eigenvalue weighted by atomic mass is 10.1. The molecule has 0 aromatic carbocycles. The van der Waals surface area contributed by atoms with Gasteiger partial charge in [-0.05, 0) is 0 Å². The van der Waals surface area contributed by atoms with Crippen molar-refractivity contribution in [3.63, 3.8) is 0 Å². The summed E-state index contributed by atoms with van der Waals surface area (Å²) in [5.74, 6) is -2.62. The third kappa shape index (κ3) is 3.46. The Morgan fingerprint density at radius 1 is 0.867 bits per heavy atom. The fraction of sp³-hybridized carbons (Fsp3) is 0.750. The van der Waals surface area contributed by atoms with Crippen LogP contribution in [-0.2, 0) is 23.8 Å². The quantitative estimate of drug-likeness (QED) is 0.581. The number of rotatable bonds is 7. The van der Waals surface area contributed by atoms with Crippen LogP contribution in [0.15, 0.2) is 0 Å². The van der Waals surface area contributed by atoms with Crippen LogP contribution in [0.2, 0.25) is 0 Å². The van der Waals surface area contributed by atoms with Gasteiger partial charge in [0.2, 0.25) is 0 Å². The smallest absolute Gasteiger partial charge is 0.335 e. The molecule has 2 N–H and O–H groups in total. The van der Waals surface area contributed by atoms with Gasteiger partial charge in [-0.3, -0.25) is 0 Å². The Bertz CT molecular complexity index is 205. The van der Waals surface area contributed by atoms with Gasteiger partial charge in [-0.25, -0.2) is 9.59 Å². The zero-order chi connectivity index (χ0) is 12.0. The zero-order valence-electron chi connectivity index (χ0n) is 8.67. The minimum Gasteiger partial charge on any atom is -0.479 e. The van der Waals surface area contributed by atoms with Crippen LogP contribution in [0.25, 0.3) is 0 Å². The summed E-state index contributed by atoms with van der Waals surface area (Å²) in [4.78, 5) is 21.4. The number of methoxy groups -OCH3 is 3. The molecule has 0 heterocycles. The van der Waals surface area contributed by atoms with Crippen molar-refractivity contribution in [1.82, 2.24) is 0 Å². The van der Waals surface area contributed by atoms with E-state index in [1.54, 1.807) is 0 Å². The number of carboxylic acids is 2. The lowest BCUT2D eigenvalue weighted by Crippen LogP contribution is -2.48. The highest BCUT2D eigenvalue weighted by molar-refractivity contribution is 5.78. The van der Waals surface area contributed by atoms with Gasteiger partial charge < -0.3 is 24.4 Å². The second-order valence-corrected chi connectivity index (χ2v) is 2.69. The van der Waals surface area contributed by atoms with Crippen LogP contribution in [0.5, 0.6) is 0 Å². The Morgan fingerprint density at radius 3 is 1.33 bits per heavy atom. The van der Waals surface area contributed by atoms with Crippen LogP contribution in [0, 0.1) is 0 Å².